The summed E-state index contributed by atoms with van der Waals surface area (Å²) in [5, 5.41) is 5.32. The van der Waals surface area contributed by atoms with E-state index in [-0.39, 0.29) is 5.90 Å². The second-order valence-corrected chi connectivity index (χ2v) is 7.49. The van der Waals surface area contributed by atoms with Gasteiger partial charge in [0.2, 0.25) is 5.90 Å². The maximum atomic E-state index is 11.7. The molecule has 3 aromatic rings. The summed E-state index contributed by atoms with van der Waals surface area (Å²) in [7, 11) is 0. The third-order valence-electron chi connectivity index (χ3n) is 4.01. The van der Waals surface area contributed by atoms with Crippen molar-refractivity contribution in [3.63, 3.8) is 0 Å². The Bertz CT molecular complexity index is 1100. The molecule has 4 rings (SSSR count). The van der Waals surface area contributed by atoms with E-state index >= 15 is 0 Å². The number of hydrogen-bond donors (Lipinski definition) is 0. The summed E-state index contributed by atoms with van der Waals surface area (Å²) in [4.78, 5) is 20.4. The monoisotopic (exact) mass is 464 g/mol. The highest BCUT2D eigenvalue weighted by molar-refractivity contribution is 9.10. The van der Waals surface area contributed by atoms with Gasteiger partial charge in [-0.05, 0) is 52.7 Å². The van der Waals surface area contributed by atoms with Gasteiger partial charge in [0.1, 0.15) is 28.4 Å². The molecule has 0 N–H and O–H groups in total. The fourth-order valence-electron chi connectivity index (χ4n) is 2.86. The van der Waals surface area contributed by atoms with Crippen LogP contribution in [0.15, 0.2) is 46.1 Å². The number of aryl methyl sites for hydroxylation is 1. The molecule has 1 aliphatic rings. The average molecular weight is 466 g/mol. The molecular weight excluding hydrogens is 455 g/mol. The first kappa shape index (κ1) is 18.2. The number of halogens is 3. The molecule has 0 saturated carbocycles. The van der Waals surface area contributed by atoms with Crippen LogP contribution in [0.1, 0.15) is 22.9 Å². The van der Waals surface area contributed by atoms with Crippen LogP contribution in [-0.4, -0.2) is 26.9 Å². The van der Waals surface area contributed by atoms with Crippen molar-refractivity contribution in [2.75, 3.05) is 0 Å². The van der Waals surface area contributed by atoms with E-state index in [4.69, 9.17) is 27.9 Å². The van der Waals surface area contributed by atoms with Crippen LogP contribution < -0.4 is 4.74 Å². The topological polar surface area (TPSA) is 69.4 Å². The second-order valence-electron chi connectivity index (χ2n) is 5.83. The number of aliphatic imine (C=N–C) groups is 1. The van der Waals surface area contributed by atoms with E-state index in [1.165, 1.54) is 4.68 Å². The summed E-state index contributed by atoms with van der Waals surface area (Å²) >= 11 is 15.7. The molecular formula is C18H11BrCl2N4O2. The SMILES string of the molecule is Cc1cc(Cl)cc2c1OC(c1cc(Br)nn1-c1ncccc1Cl)=NC2C=O. The number of nitrogens with zero attached hydrogens (tertiary/aromatic N) is 4. The highest BCUT2D eigenvalue weighted by Crippen LogP contribution is 2.37. The summed E-state index contributed by atoms with van der Waals surface area (Å²) in [6, 6.07) is 7.89. The Labute approximate surface area is 172 Å². The minimum absolute atomic E-state index is 0.241. The molecule has 27 heavy (non-hydrogen) atoms. The molecule has 0 spiro atoms. The number of ether oxygens (including phenoxy) is 1. The Morgan fingerprint density at radius 2 is 2.11 bits per heavy atom. The molecule has 1 aromatic carbocycles. The zero-order chi connectivity index (χ0) is 19.1. The number of fused-ring (bicyclic) bond motifs is 1. The Balaban J connectivity index is 1.87. The van der Waals surface area contributed by atoms with Gasteiger partial charge in [-0.15, -0.1) is 0 Å². The van der Waals surface area contributed by atoms with E-state index in [0.717, 1.165) is 11.8 Å². The number of aromatic nitrogens is 3. The van der Waals surface area contributed by atoms with Crippen molar-refractivity contribution in [2.45, 2.75) is 13.0 Å². The maximum absolute atomic E-state index is 11.7. The van der Waals surface area contributed by atoms with Gasteiger partial charge in [0.25, 0.3) is 0 Å². The van der Waals surface area contributed by atoms with Gasteiger partial charge < -0.3 is 9.53 Å². The van der Waals surface area contributed by atoms with Crippen molar-refractivity contribution < 1.29 is 9.53 Å². The van der Waals surface area contributed by atoms with E-state index in [2.05, 4.69) is 31.0 Å². The number of hydrogen-bond acceptors (Lipinski definition) is 5. The molecule has 1 unspecified atom stereocenters. The predicted octanol–water partition coefficient (Wildman–Crippen LogP) is 4.72. The van der Waals surface area contributed by atoms with Crippen LogP contribution in [-0.2, 0) is 4.79 Å². The molecule has 136 valence electrons. The number of carbonyl (C=O) groups excluding carboxylic acids is 1. The smallest absolute Gasteiger partial charge is 0.242 e. The third kappa shape index (κ3) is 3.26. The molecule has 2 aromatic heterocycles. The Morgan fingerprint density at radius 3 is 2.85 bits per heavy atom. The number of carbonyl (C=O) groups is 1. The second kappa shape index (κ2) is 7.07. The Morgan fingerprint density at radius 1 is 1.30 bits per heavy atom. The zero-order valence-corrected chi connectivity index (χ0v) is 17.0. The first-order valence-corrected chi connectivity index (χ1v) is 9.40. The van der Waals surface area contributed by atoms with Gasteiger partial charge in [0.05, 0.1) is 5.02 Å². The molecule has 0 bridgehead atoms. The quantitative estimate of drug-likeness (QED) is 0.524. The van der Waals surface area contributed by atoms with Crippen LogP contribution in [0.25, 0.3) is 5.82 Å². The van der Waals surface area contributed by atoms with Crippen molar-refractivity contribution in [3.8, 4) is 11.6 Å². The van der Waals surface area contributed by atoms with E-state index in [9.17, 15) is 4.79 Å². The summed E-state index contributed by atoms with van der Waals surface area (Å²) in [5.74, 6) is 1.22. The van der Waals surface area contributed by atoms with Crippen LogP contribution in [0.3, 0.4) is 0 Å². The van der Waals surface area contributed by atoms with Crippen LogP contribution in [0.2, 0.25) is 10.0 Å². The molecule has 9 heteroatoms. The summed E-state index contributed by atoms with van der Waals surface area (Å²) in [6.07, 6.45) is 2.36. The Kier molecular flexibility index (Phi) is 4.75. The van der Waals surface area contributed by atoms with Gasteiger partial charge in [-0.1, -0.05) is 23.2 Å². The van der Waals surface area contributed by atoms with E-state index < -0.39 is 6.04 Å². The van der Waals surface area contributed by atoms with Crippen LogP contribution in [0.4, 0.5) is 0 Å². The lowest BCUT2D eigenvalue weighted by atomic mass is 10.0. The van der Waals surface area contributed by atoms with E-state index in [0.29, 0.717) is 37.5 Å². The van der Waals surface area contributed by atoms with Crippen molar-refractivity contribution in [1.29, 1.82) is 0 Å². The molecule has 1 aliphatic heterocycles. The highest BCUT2D eigenvalue weighted by Gasteiger charge is 2.28. The molecule has 0 aliphatic carbocycles. The van der Waals surface area contributed by atoms with Gasteiger partial charge in [0.15, 0.2) is 5.82 Å². The van der Waals surface area contributed by atoms with Gasteiger partial charge in [-0.25, -0.2) is 14.7 Å². The molecule has 0 radical (unpaired) electrons. The molecule has 6 nitrogen and oxygen atoms in total. The minimum atomic E-state index is -0.734. The minimum Gasteiger partial charge on any atom is -0.437 e. The summed E-state index contributed by atoms with van der Waals surface area (Å²) in [6.45, 7) is 1.86. The lowest BCUT2D eigenvalue weighted by Gasteiger charge is -2.23. The maximum Gasteiger partial charge on any atom is 0.242 e. The van der Waals surface area contributed by atoms with Gasteiger partial charge >= 0.3 is 0 Å². The van der Waals surface area contributed by atoms with E-state index in [1.54, 1.807) is 36.5 Å². The number of benzene rings is 1. The first-order chi connectivity index (χ1) is 13.0. The highest BCUT2D eigenvalue weighted by atomic mass is 79.9. The normalized spacial score (nSPS) is 15.7. The van der Waals surface area contributed by atoms with Gasteiger partial charge in [-0.3, -0.25) is 0 Å². The van der Waals surface area contributed by atoms with Crippen molar-refractivity contribution in [1.82, 2.24) is 14.8 Å². The molecule has 0 saturated heterocycles. The largest absolute Gasteiger partial charge is 0.437 e. The fraction of sp³-hybridized carbons (Fsp3) is 0.111. The Hall–Kier alpha value is -2.22. The molecule has 0 fully saturated rings. The zero-order valence-electron chi connectivity index (χ0n) is 13.9. The fourth-order valence-corrected chi connectivity index (χ4v) is 3.71. The number of aldehydes is 1. The van der Waals surface area contributed by atoms with Crippen molar-refractivity contribution in [2.24, 2.45) is 4.99 Å². The molecule has 1 atom stereocenters. The standard InChI is InChI=1S/C18H11BrCl2N4O2/c1-9-5-10(20)6-11-13(8-26)23-18(27-16(9)11)14-7-15(19)24-25(14)17-12(21)3-2-4-22-17/h2-8,13H,1H3. The third-order valence-corrected chi connectivity index (χ3v) is 4.91. The number of rotatable bonds is 3. The van der Waals surface area contributed by atoms with Crippen molar-refractivity contribution >= 4 is 51.3 Å². The molecule has 0 amide bonds. The van der Waals surface area contributed by atoms with E-state index in [1.807, 2.05) is 6.92 Å². The lowest BCUT2D eigenvalue weighted by Crippen LogP contribution is -2.23. The molecule has 3 heterocycles. The summed E-state index contributed by atoms with van der Waals surface area (Å²) < 4.78 is 8.10. The average Bonchev–Trinajstić information content (AvgIpc) is 3.03. The lowest BCUT2D eigenvalue weighted by molar-refractivity contribution is -0.109. The number of pyridine rings is 1. The summed E-state index contributed by atoms with van der Waals surface area (Å²) in [5.41, 5.74) is 1.94. The van der Waals surface area contributed by atoms with Crippen LogP contribution in [0.5, 0.6) is 5.75 Å². The predicted molar refractivity (Wildman–Crippen MR) is 106 cm³/mol. The van der Waals surface area contributed by atoms with Crippen LogP contribution in [0, 0.1) is 6.92 Å². The van der Waals surface area contributed by atoms with Gasteiger partial charge in [0, 0.05) is 22.8 Å². The van der Waals surface area contributed by atoms with Crippen LogP contribution >= 0.6 is 39.1 Å². The first-order valence-electron chi connectivity index (χ1n) is 7.85. The van der Waals surface area contributed by atoms with Gasteiger partial charge in [-0.2, -0.15) is 5.10 Å². The van der Waals surface area contributed by atoms with Crippen molar-refractivity contribution in [3.05, 3.63) is 68.0 Å².